The van der Waals surface area contributed by atoms with Crippen molar-refractivity contribution in [3.05, 3.63) is 35.9 Å². The highest BCUT2D eigenvalue weighted by molar-refractivity contribution is 6.47. The molecule has 0 aliphatic carbocycles. The van der Waals surface area contributed by atoms with Crippen LogP contribution in [0.1, 0.15) is 31.7 Å². The van der Waals surface area contributed by atoms with Crippen molar-refractivity contribution in [2.75, 3.05) is 0 Å². The van der Waals surface area contributed by atoms with Crippen LogP contribution in [0.25, 0.3) is 0 Å². The number of hydrogen-bond donors (Lipinski definition) is 0. The van der Waals surface area contributed by atoms with Crippen molar-refractivity contribution in [1.29, 1.82) is 0 Å². The summed E-state index contributed by atoms with van der Waals surface area (Å²) in [6.07, 6.45) is 0. The molecule has 0 N–H and O–H groups in total. The summed E-state index contributed by atoms with van der Waals surface area (Å²) >= 11 is 5.93. The molecule has 0 aliphatic heterocycles. The molecular formula is C13H15ClO3. The Morgan fingerprint density at radius 2 is 1.71 bits per heavy atom. The Morgan fingerprint density at radius 1 is 1.18 bits per heavy atom. The van der Waals surface area contributed by atoms with E-state index >= 15 is 0 Å². The minimum Gasteiger partial charge on any atom is -0.454 e. The van der Waals surface area contributed by atoms with E-state index in [1.807, 2.05) is 6.07 Å². The van der Waals surface area contributed by atoms with Gasteiger partial charge >= 0.3 is 5.97 Å². The van der Waals surface area contributed by atoms with Gasteiger partial charge in [0.25, 0.3) is 5.78 Å². The molecule has 1 rings (SSSR count). The topological polar surface area (TPSA) is 43.4 Å². The lowest BCUT2D eigenvalue weighted by Gasteiger charge is -2.19. The normalized spacial score (nSPS) is 12.9. The standard InChI is InChI=1S/C13H15ClO3/c1-13(2,3)17-12(16)11(15)10(14)9-7-5-4-6-8-9/h4-8,10H,1-3H3. The molecule has 0 saturated heterocycles. The fourth-order valence-electron chi connectivity index (χ4n) is 1.21. The minimum absolute atomic E-state index is 0.588. The van der Waals surface area contributed by atoms with Crippen LogP contribution < -0.4 is 0 Å². The van der Waals surface area contributed by atoms with Gasteiger partial charge in [-0.25, -0.2) is 4.79 Å². The van der Waals surface area contributed by atoms with Crippen molar-refractivity contribution < 1.29 is 14.3 Å². The Kier molecular flexibility index (Phi) is 4.29. The average molecular weight is 255 g/mol. The second-order valence-electron chi connectivity index (χ2n) is 4.64. The van der Waals surface area contributed by atoms with Crippen molar-refractivity contribution in [2.45, 2.75) is 31.7 Å². The molecule has 4 heteroatoms. The van der Waals surface area contributed by atoms with E-state index in [0.29, 0.717) is 5.56 Å². The Labute approximate surface area is 106 Å². The maximum atomic E-state index is 11.7. The molecule has 0 bridgehead atoms. The van der Waals surface area contributed by atoms with Crippen LogP contribution in [0.15, 0.2) is 30.3 Å². The molecule has 0 saturated carbocycles. The van der Waals surface area contributed by atoms with Gasteiger partial charge in [0.15, 0.2) is 0 Å². The third-order valence-corrected chi connectivity index (χ3v) is 2.37. The number of benzene rings is 1. The number of hydrogen-bond acceptors (Lipinski definition) is 3. The molecular weight excluding hydrogens is 240 g/mol. The number of carbonyl (C=O) groups is 2. The Balaban J connectivity index is 2.74. The van der Waals surface area contributed by atoms with Crippen molar-refractivity contribution in [3.8, 4) is 0 Å². The van der Waals surface area contributed by atoms with E-state index in [1.165, 1.54) is 0 Å². The molecule has 0 radical (unpaired) electrons. The molecule has 1 atom stereocenters. The van der Waals surface area contributed by atoms with Gasteiger partial charge in [-0.2, -0.15) is 0 Å². The number of ether oxygens (including phenoxy) is 1. The van der Waals surface area contributed by atoms with Crippen LogP contribution in [0.5, 0.6) is 0 Å². The van der Waals surface area contributed by atoms with Gasteiger partial charge in [-0.1, -0.05) is 30.3 Å². The van der Waals surface area contributed by atoms with Gasteiger partial charge in [0, 0.05) is 0 Å². The van der Waals surface area contributed by atoms with Gasteiger partial charge in [0.1, 0.15) is 11.0 Å². The largest absolute Gasteiger partial charge is 0.454 e. The zero-order chi connectivity index (χ0) is 13.1. The van der Waals surface area contributed by atoms with Crippen molar-refractivity contribution in [3.63, 3.8) is 0 Å². The van der Waals surface area contributed by atoms with Crippen LogP contribution in [-0.2, 0) is 14.3 Å². The van der Waals surface area contributed by atoms with Crippen LogP contribution >= 0.6 is 11.6 Å². The molecule has 1 aromatic rings. The van der Waals surface area contributed by atoms with Crippen LogP contribution in [0.2, 0.25) is 0 Å². The number of esters is 1. The van der Waals surface area contributed by atoms with Crippen LogP contribution in [0.4, 0.5) is 0 Å². The molecule has 0 aliphatic rings. The predicted octanol–water partition coefficient (Wildman–Crippen LogP) is 2.88. The van der Waals surface area contributed by atoms with Gasteiger partial charge in [-0.15, -0.1) is 11.6 Å². The molecule has 0 aromatic heterocycles. The third-order valence-electron chi connectivity index (χ3n) is 1.92. The average Bonchev–Trinajstić information content (AvgIpc) is 2.26. The van der Waals surface area contributed by atoms with E-state index in [-0.39, 0.29) is 0 Å². The summed E-state index contributed by atoms with van der Waals surface area (Å²) in [4.78, 5) is 23.2. The fraction of sp³-hybridized carbons (Fsp3) is 0.385. The molecule has 0 amide bonds. The van der Waals surface area contributed by atoms with Gasteiger partial charge in [0.2, 0.25) is 0 Å². The van der Waals surface area contributed by atoms with Gasteiger partial charge in [0.05, 0.1) is 0 Å². The monoisotopic (exact) mass is 254 g/mol. The first-order valence-electron chi connectivity index (χ1n) is 5.27. The summed E-state index contributed by atoms with van der Waals surface area (Å²) in [5.41, 5.74) is -0.106. The molecule has 1 aromatic carbocycles. The van der Waals surface area contributed by atoms with E-state index in [0.717, 1.165) is 0 Å². The van der Waals surface area contributed by atoms with Crippen molar-refractivity contribution in [2.24, 2.45) is 0 Å². The summed E-state index contributed by atoms with van der Waals surface area (Å²) in [6, 6.07) is 8.71. The quantitative estimate of drug-likeness (QED) is 0.473. The number of Topliss-reactive ketones (excluding diaryl/α,β-unsaturated/α-hetero) is 1. The fourth-order valence-corrected chi connectivity index (χ4v) is 1.44. The highest BCUT2D eigenvalue weighted by Gasteiger charge is 2.29. The molecule has 0 heterocycles. The van der Waals surface area contributed by atoms with E-state index in [2.05, 4.69) is 0 Å². The Hall–Kier alpha value is -1.35. The number of carbonyl (C=O) groups excluding carboxylic acids is 2. The second kappa shape index (κ2) is 5.32. The van der Waals surface area contributed by atoms with E-state index in [4.69, 9.17) is 16.3 Å². The lowest BCUT2D eigenvalue weighted by Crippen LogP contribution is -2.30. The molecule has 1 unspecified atom stereocenters. The van der Waals surface area contributed by atoms with Gasteiger partial charge in [-0.3, -0.25) is 4.79 Å². The smallest absolute Gasteiger partial charge is 0.377 e. The highest BCUT2D eigenvalue weighted by atomic mass is 35.5. The van der Waals surface area contributed by atoms with Crippen LogP contribution in [0, 0.1) is 0 Å². The lowest BCUT2D eigenvalue weighted by atomic mass is 10.1. The number of halogens is 1. The van der Waals surface area contributed by atoms with Crippen molar-refractivity contribution in [1.82, 2.24) is 0 Å². The summed E-state index contributed by atoms with van der Waals surface area (Å²) in [5.74, 6) is -1.64. The van der Waals surface area contributed by atoms with Gasteiger partial charge < -0.3 is 4.74 Å². The molecule has 17 heavy (non-hydrogen) atoms. The maximum Gasteiger partial charge on any atom is 0.377 e. The second-order valence-corrected chi connectivity index (χ2v) is 5.08. The molecule has 0 spiro atoms. The zero-order valence-electron chi connectivity index (χ0n) is 10.1. The zero-order valence-corrected chi connectivity index (χ0v) is 10.8. The first-order chi connectivity index (χ1) is 7.81. The summed E-state index contributed by atoms with van der Waals surface area (Å²) < 4.78 is 4.97. The van der Waals surface area contributed by atoms with Crippen molar-refractivity contribution >= 4 is 23.4 Å². The van der Waals surface area contributed by atoms with E-state index in [1.54, 1.807) is 45.0 Å². The Morgan fingerprint density at radius 3 is 2.18 bits per heavy atom. The van der Waals surface area contributed by atoms with Crippen LogP contribution in [-0.4, -0.2) is 17.4 Å². The minimum atomic E-state index is -0.994. The first kappa shape index (κ1) is 13.7. The van der Waals surface area contributed by atoms with Crippen LogP contribution in [0.3, 0.4) is 0 Å². The summed E-state index contributed by atoms with van der Waals surface area (Å²) in [6.45, 7) is 5.10. The molecule has 92 valence electrons. The van der Waals surface area contributed by atoms with Gasteiger partial charge in [-0.05, 0) is 26.3 Å². The van der Waals surface area contributed by atoms with E-state index in [9.17, 15) is 9.59 Å². The number of alkyl halides is 1. The third kappa shape index (κ3) is 4.19. The highest BCUT2D eigenvalue weighted by Crippen LogP contribution is 2.22. The number of rotatable bonds is 3. The molecule has 3 nitrogen and oxygen atoms in total. The lowest BCUT2D eigenvalue weighted by molar-refractivity contribution is -0.162. The van der Waals surface area contributed by atoms with E-state index < -0.39 is 22.7 Å². The summed E-state index contributed by atoms with van der Waals surface area (Å²) in [5, 5.41) is -0.994. The first-order valence-corrected chi connectivity index (χ1v) is 5.71. The summed E-state index contributed by atoms with van der Waals surface area (Å²) in [7, 11) is 0. The predicted molar refractivity (Wildman–Crippen MR) is 65.9 cm³/mol. The SMILES string of the molecule is CC(C)(C)OC(=O)C(=O)C(Cl)c1ccccc1. The molecule has 0 fully saturated rings. The Bertz CT molecular complexity index is 406. The number of ketones is 1. The maximum absolute atomic E-state index is 11.7.